The lowest BCUT2D eigenvalue weighted by Gasteiger charge is -2.43. The molecule has 0 spiro atoms. The zero-order chi connectivity index (χ0) is 20.2. The standard InChI is InChI=1S/C25H24N2O2/c1-25(2)12-11-17-19(14-25)22-18(13-15-7-6-10-20(28)21(15)27-22)23(24(17)29)26-16-8-4-3-5-9-16/h3-10,13-14,17,22,27-28H,11-12H2,1-2H3. The minimum absolute atomic E-state index is 0.0476. The second-order valence-corrected chi connectivity index (χ2v) is 8.80. The number of carbonyl (C=O) groups excluding carboxylic acids is 1. The molecule has 0 aromatic heterocycles. The smallest absolute Gasteiger partial charge is 0.188 e. The fourth-order valence-corrected chi connectivity index (χ4v) is 4.71. The number of fused-ring (bicyclic) bond motifs is 4. The molecule has 2 aromatic carbocycles. The normalized spacial score (nSPS) is 25.9. The molecule has 1 saturated carbocycles. The van der Waals surface area contributed by atoms with E-state index in [0.717, 1.165) is 40.9 Å². The molecule has 3 aliphatic rings. The molecule has 2 atom stereocenters. The van der Waals surface area contributed by atoms with Crippen LogP contribution in [0.3, 0.4) is 0 Å². The summed E-state index contributed by atoms with van der Waals surface area (Å²) in [7, 11) is 0. The van der Waals surface area contributed by atoms with Gasteiger partial charge >= 0.3 is 0 Å². The van der Waals surface area contributed by atoms with Gasteiger partial charge in [0, 0.05) is 17.1 Å². The number of Topliss-reactive ketones (excluding diaryl/α,β-unsaturated/α-hetero) is 1. The Morgan fingerprint density at radius 2 is 1.90 bits per heavy atom. The quantitative estimate of drug-likeness (QED) is 0.519. The summed E-state index contributed by atoms with van der Waals surface area (Å²) in [6.45, 7) is 4.43. The van der Waals surface area contributed by atoms with Crippen molar-refractivity contribution in [2.75, 3.05) is 5.32 Å². The largest absolute Gasteiger partial charge is 0.506 e. The summed E-state index contributed by atoms with van der Waals surface area (Å²) < 4.78 is 0. The number of anilines is 1. The van der Waals surface area contributed by atoms with Crippen LogP contribution in [0.25, 0.3) is 6.08 Å². The highest BCUT2D eigenvalue weighted by molar-refractivity contribution is 6.50. The Kier molecular flexibility index (Phi) is 3.98. The Hall–Kier alpha value is -3.14. The van der Waals surface area contributed by atoms with E-state index in [0.29, 0.717) is 5.71 Å². The lowest BCUT2D eigenvalue weighted by atomic mass is 9.65. The van der Waals surface area contributed by atoms with Crippen molar-refractivity contribution in [1.82, 2.24) is 0 Å². The van der Waals surface area contributed by atoms with Crippen molar-refractivity contribution in [1.29, 1.82) is 0 Å². The third-order valence-electron chi connectivity index (χ3n) is 6.18. The molecule has 2 aromatic rings. The Morgan fingerprint density at radius 1 is 1.10 bits per heavy atom. The maximum atomic E-state index is 13.5. The average Bonchev–Trinajstić information content (AvgIpc) is 2.70. The van der Waals surface area contributed by atoms with Crippen LogP contribution in [0.5, 0.6) is 5.75 Å². The van der Waals surface area contributed by atoms with E-state index in [4.69, 9.17) is 4.99 Å². The monoisotopic (exact) mass is 384 g/mol. The topological polar surface area (TPSA) is 61.7 Å². The first kappa shape index (κ1) is 17.9. The number of hydrogen-bond acceptors (Lipinski definition) is 4. The minimum atomic E-state index is -0.160. The number of rotatable bonds is 1. The summed E-state index contributed by atoms with van der Waals surface area (Å²) in [6, 6.07) is 14.9. The van der Waals surface area contributed by atoms with Gasteiger partial charge in [0.25, 0.3) is 0 Å². The van der Waals surface area contributed by atoms with Gasteiger partial charge in [0.2, 0.25) is 0 Å². The molecule has 4 nitrogen and oxygen atoms in total. The van der Waals surface area contributed by atoms with Gasteiger partial charge in [-0.25, -0.2) is 4.99 Å². The highest BCUT2D eigenvalue weighted by Gasteiger charge is 2.45. The maximum Gasteiger partial charge on any atom is 0.188 e. The van der Waals surface area contributed by atoms with E-state index in [9.17, 15) is 9.90 Å². The zero-order valence-electron chi connectivity index (χ0n) is 16.6. The van der Waals surface area contributed by atoms with Gasteiger partial charge in [-0.3, -0.25) is 4.79 Å². The van der Waals surface area contributed by atoms with Crippen molar-refractivity contribution in [3.63, 3.8) is 0 Å². The summed E-state index contributed by atoms with van der Waals surface area (Å²) in [5.74, 6) is 0.166. The van der Waals surface area contributed by atoms with E-state index in [-0.39, 0.29) is 28.9 Å². The summed E-state index contributed by atoms with van der Waals surface area (Å²) in [5.41, 5.74) is 4.95. The van der Waals surface area contributed by atoms with Crippen molar-refractivity contribution >= 4 is 28.9 Å². The molecule has 1 aliphatic heterocycles. The minimum Gasteiger partial charge on any atom is -0.506 e. The number of nitrogens with zero attached hydrogens (tertiary/aromatic N) is 1. The molecule has 0 bridgehead atoms. The van der Waals surface area contributed by atoms with Gasteiger partial charge in [0.05, 0.1) is 17.4 Å². The Labute approximate surface area is 170 Å². The van der Waals surface area contributed by atoms with Crippen LogP contribution >= 0.6 is 0 Å². The third kappa shape index (κ3) is 3.00. The van der Waals surface area contributed by atoms with Gasteiger partial charge in [-0.05, 0) is 48.1 Å². The molecular formula is C25H24N2O2. The molecule has 2 N–H and O–H groups in total. The summed E-state index contributed by atoms with van der Waals surface area (Å²) in [5, 5.41) is 13.9. The fourth-order valence-electron chi connectivity index (χ4n) is 4.71. The highest BCUT2D eigenvalue weighted by Crippen LogP contribution is 2.47. The van der Waals surface area contributed by atoms with E-state index < -0.39 is 0 Å². The van der Waals surface area contributed by atoms with Crippen LogP contribution in [0.1, 0.15) is 32.3 Å². The van der Waals surface area contributed by atoms with Crippen LogP contribution in [0, 0.1) is 11.3 Å². The average molecular weight is 384 g/mol. The molecular weight excluding hydrogens is 360 g/mol. The number of benzene rings is 2. The SMILES string of the molecule is CC1(C)C=C2C(CC1)C(=O)C(=Nc1ccccc1)C1=Cc3cccc(O)c3NC12. The molecule has 146 valence electrons. The van der Waals surface area contributed by atoms with Crippen LogP contribution in [-0.4, -0.2) is 22.6 Å². The number of hydrogen-bond donors (Lipinski definition) is 2. The Bertz CT molecular complexity index is 1090. The molecule has 5 rings (SSSR count). The highest BCUT2D eigenvalue weighted by atomic mass is 16.3. The number of phenols is 1. The second-order valence-electron chi connectivity index (χ2n) is 8.80. The first-order valence-electron chi connectivity index (χ1n) is 10.1. The van der Waals surface area contributed by atoms with Crippen LogP contribution in [-0.2, 0) is 4.79 Å². The van der Waals surface area contributed by atoms with E-state index in [1.165, 1.54) is 0 Å². The number of aromatic hydroxyl groups is 1. The van der Waals surface area contributed by atoms with Gasteiger partial charge in [0.15, 0.2) is 5.78 Å². The van der Waals surface area contributed by atoms with Crippen molar-refractivity contribution in [2.24, 2.45) is 16.3 Å². The predicted molar refractivity (Wildman–Crippen MR) is 117 cm³/mol. The number of para-hydroxylation sites is 2. The number of phenolic OH excluding ortho intramolecular Hbond substituents is 1. The Balaban J connectivity index is 1.72. The number of ketones is 1. The van der Waals surface area contributed by atoms with Crippen molar-refractivity contribution < 1.29 is 9.90 Å². The number of allylic oxidation sites excluding steroid dienone is 1. The summed E-state index contributed by atoms with van der Waals surface area (Å²) in [4.78, 5) is 18.3. The van der Waals surface area contributed by atoms with Gasteiger partial charge < -0.3 is 10.4 Å². The zero-order valence-corrected chi connectivity index (χ0v) is 16.6. The van der Waals surface area contributed by atoms with Gasteiger partial charge in [-0.1, -0.05) is 50.3 Å². The molecule has 29 heavy (non-hydrogen) atoms. The van der Waals surface area contributed by atoms with E-state index in [1.807, 2.05) is 48.5 Å². The van der Waals surface area contributed by atoms with E-state index in [2.05, 4.69) is 25.2 Å². The first-order valence-corrected chi connectivity index (χ1v) is 10.1. The van der Waals surface area contributed by atoms with Gasteiger partial charge in [0.1, 0.15) is 11.5 Å². The molecule has 2 aliphatic carbocycles. The van der Waals surface area contributed by atoms with Gasteiger partial charge in [-0.2, -0.15) is 0 Å². The van der Waals surface area contributed by atoms with Crippen LogP contribution in [0.2, 0.25) is 0 Å². The number of nitrogens with one attached hydrogen (secondary N) is 1. The predicted octanol–water partition coefficient (Wildman–Crippen LogP) is 5.29. The molecule has 1 heterocycles. The first-order chi connectivity index (χ1) is 13.9. The molecule has 4 heteroatoms. The van der Waals surface area contributed by atoms with Crippen LogP contribution in [0.4, 0.5) is 11.4 Å². The molecule has 1 fully saturated rings. The number of carbonyl (C=O) groups is 1. The van der Waals surface area contributed by atoms with Crippen molar-refractivity contribution in [3.8, 4) is 5.75 Å². The third-order valence-corrected chi connectivity index (χ3v) is 6.18. The lowest BCUT2D eigenvalue weighted by Crippen LogP contribution is -2.47. The van der Waals surface area contributed by atoms with Crippen molar-refractivity contribution in [3.05, 3.63) is 71.3 Å². The second kappa shape index (κ2) is 6.45. The molecule has 2 unspecified atom stereocenters. The van der Waals surface area contributed by atoms with Crippen LogP contribution in [0.15, 0.2) is 70.7 Å². The molecule has 0 saturated heterocycles. The van der Waals surface area contributed by atoms with E-state index >= 15 is 0 Å². The Morgan fingerprint density at radius 3 is 2.69 bits per heavy atom. The molecule has 0 amide bonds. The van der Waals surface area contributed by atoms with E-state index in [1.54, 1.807) is 6.07 Å². The van der Waals surface area contributed by atoms with Gasteiger partial charge in [-0.15, -0.1) is 0 Å². The fraction of sp³-hybridized carbons (Fsp3) is 0.280. The summed E-state index contributed by atoms with van der Waals surface area (Å²) >= 11 is 0. The molecule has 0 radical (unpaired) electrons. The number of aliphatic imine (C=N–C) groups is 1. The van der Waals surface area contributed by atoms with Crippen LogP contribution < -0.4 is 5.32 Å². The lowest BCUT2D eigenvalue weighted by molar-refractivity contribution is -0.116. The maximum absolute atomic E-state index is 13.5. The summed E-state index contributed by atoms with van der Waals surface area (Å²) in [6.07, 6.45) is 6.06. The van der Waals surface area contributed by atoms with Crippen molar-refractivity contribution in [2.45, 2.75) is 32.7 Å².